The largest absolute Gasteiger partial charge is 0.406 e. The number of aliphatic hydroxyl groups is 1. The molecule has 0 spiro atoms. The van der Waals surface area contributed by atoms with Crippen LogP contribution < -0.4 is 0 Å². The van der Waals surface area contributed by atoms with Gasteiger partial charge in [-0.3, -0.25) is 0 Å². The predicted octanol–water partition coefficient (Wildman–Crippen LogP) is 3.75. The van der Waals surface area contributed by atoms with E-state index in [-0.39, 0.29) is 5.04 Å². The second-order valence-electron chi connectivity index (χ2n) is 6.43. The van der Waals surface area contributed by atoms with Crippen molar-refractivity contribution in [1.29, 1.82) is 0 Å². The fourth-order valence-electron chi connectivity index (χ4n) is 1.34. The molecule has 0 fully saturated rings. The lowest BCUT2D eigenvalue weighted by molar-refractivity contribution is 0.238. The van der Waals surface area contributed by atoms with Gasteiger partial charge < -0.3 is 9.53 Å². The van der Waals surface area contributed by atoms with Crippen LogP contribution in [0, 0.1) is 23.7 Å². The molecule has 1 aromatic rings. The van der Waals surface area contributed by atoms with Gasteiger partial charge in [0.05, 0.1) is 6.61 Å². The van der Waals surface area contributed by atoms with Crippen LogP contribution >= 0.6 is 0 Å². The smallest absolute Gasteiger partial charge is 0.193 e. The van der Waals surface area contributed by atoms with E-state index in [0.29, 0.717) is 6.61 Å². The molecule has 1 rings (SSSR count). The minimum Gasteiger partial charge on any atom is -0.406 e. The SMILES string of the molecule is CC(C)(C)[Si](C)(C)OCC#CC#C[C@H](O)c1ccccc1. The number of hydrogen-bond donors (Lipinski definition) is 1. The molecule has 0 bridgehead atoms. The molecule has 1 N–H and O–H groups in total. The van der Waals surface area contributed by atoms with Gasteiger partial charge in [-0.25, -0.2) is 0 Å². The zero-order chi connectivity index (χ0) is 15.9. The van der Waals surface area contributed by atoms with Crippen molar-refractivity contribution in [1.82, 2.24) is 0 Å². The van der Waals surface area contributed by atoms with E-state index in [1.54, 1.807) is 0 Å². The Bertz CT molecular complexity index is 562. The molecular weight excluding hydrogens is 276 g/mol. The zero-order valence-corrected chi connectivity index (χ0v) is 14.5. The van der Waals surface area contributed by atoms with Crippen molar-refractivity contribution < 1.29 is 9.53 Å². The first kappa shape index (κ1) is 17.5. The molecule has 0 amide bonds. The molecule has 0 saturated carbocycles. The number of aliphatic hydroxyl groups excluding tert-OH is 1. The van der Waals surface area contributed by atoms with Crippen LogP contribution in [0.3, 0.4) is 0 Å². The Hall–Kier alpha value is -1.52. The van der Waals surface area contributed by atoms with Crippen LogP contribution in [-0.2, 0) is 4.43 Å². The first-order valence-electron chi connectivity index (χ1n) is 7.09. The summed E-state index contributed by atoms with van der Waals surface area (Å²) in [6, 6.07) is 9.33. The predicted molar refractivity (Wildman–Crippen MR) is 90.1 cm³/mol. The van der Waals surface area contributed by atoms with Crippen LogP contribution in [0.25, 0.3) is 0 Å². The normalized spacial score (nSPS) is 12.7. The van der Waals surface area contributed by atoms with Gasteiger partial charge in [-0.05, 0) is 35.5 Å². The Morgan fingerprint density at radius 1 is 1.14 bits per heavy atom. The lowest BCUT2D eigenvalue weighted by Crippen LogP contribution is -2.40. The third-order valence-electron chi connectivity index (χ3n) is 3.79. The molecule has 0 saturated heterocycles. The summed E-state index contributed by atoms with van der Waals surface area (Å²) in [6.45, 7) is 11.4. The molecular formula is C18H24O2Si. The summed E-state index contributed by atoms with van der Waals surface area (Å²) in [6.07, 6.45) is -0.790. The van der Waals surface area contributed by atoms with Gasteiger partial charge in [-0.2, -0.15) is 0 Å². The van der Waals surface area contributed by atoms with Gasteiger partial charge in [0.25, 0.3) is 0 Å². The highest BCUT2D eigenvalue weighted by Crippen LogP contribution is 2.36. The van der Waals surface area contributed by atoms with Crippen molar-refractivity contribution in [3.63, 3.8) is 0 Å². The van der Waals surface area contributed by atoms with Gasteiger partial charge in [0.1, 0.15) is 6.10 Å². The van der Waals surface area contributed by atoms with Crippen LogP contribution in [0.5, 0.6) is 0 Å². The Labute approximate surface area is 129 Å². The second kappa shape index (κ2) is 7.48. The molecule has 0 unspecified atom stereocenters. The van der Waals surface area contributed by atoms with E-state index in [0.717, 1.165) is 5.56 Å². The summed E-state index contributed by atoms with van der Waals surface area (Å²) in [7, 11) is -1.74. The molecule has 2 nitrogen and oxygen atoms in total. The maximum Gasteiger partial charge on any atom is 0.193 e. The van der Waals surface area contributed by atoms with Crippen LogP contribution in [0.4, 0.5) is 0 Å². The van der Waals surface area contributed by atoms with E-state index in [1.165, 1.54) is 0 Å². The lowest BCUT2D eigenvalue weighted by Gasteiger charge is -2.35. The molecule has 0 aromatic heterocycles. The Morgan fingerprint density at radius 2 is 1.76 bits per heavy atom. The fraction of sp³-hybridized carbons (Fsp3) is 0.444. The van der Waals surface area contributed by atoms with Gasteiger partial charge >= 0.3 is 0 Å². The van der Waals surface area contributed by atoms with Crippen molar-refractivity contribution in [2.75, 3.05) is 6.61 Å². The topological polar surface area (TPSA) is 29.5 Å². The Morgan fingerprint density at radius 3 is 2.33 bits per heavy atom. The second-order valence-corrected chi connectivity index (χ2v) is 11.2. The Kier molecular flexibility index (Phi) is 6.24. The molecule has 0 aliphatic rings. The van der Waals surface area contributed by atoms with E-state index in [2.05, 4.69) is 57.5 Å². The van der Waals surface area contributed by atoms with Crippen molar-refractivity contribution in [2.45, 2.75) is 45.0 Å². The monoisotopic (exact) mass is 300 g/mol. The number of benzene rings is 1. The highest BCUT2D eigenvalue weighted by Gasteiger charge is 2.36. The summed E-state index contributed by atoms with van der Waals surface area (Å²) < 4.78 is 5.92. The highest BCUT2D eigenvalue weighted by atomic mass is 28.4. The minimum atomic E-state index is -1.74. The molecule has 3 heteroatoms. The fourth-order valence-corrected chi connectivity index (χ4v) is 2.20. The van der Waals surface area contributed by atoms with Crippen LogP contribution in [-0.4, -0.2) is 20.0 Å². The third-order valence-corrected chi connectivity index (χ3v) is 8.26. The average molecular weight is 300 g/mol. The van der Waals surface area contributed by atoms with Crippen molar-refractivity contribution in [2.24, 2.45) is 0 Å². The quantitative estimate of drug-likeness (QED) is 0.680. The summed E-state index contributed by atoms with van der Waals surface area (Å²) in [5, 5.41) is 10.0. The van der Waals surface area contributed by atoms with Gasteiger partial charge in [-0.15, -0.1) is 0 Å². The van der Waals surface area contributed by atoms with Crippen LogP contribution in [0.2, 0.25) is 18.1 Å². The highest BCUT2D eigenvalue weighted by molar-refractivity contribution is 6.74. The molecule has 112 valence electrons. The van der Waals surface area contributed by atoms with Gasteiger partial charge in [-0.1, -0.05) is 62.9 Å². The van der Waals surface area contributed by atoms with Gasteiger partial charge in [0, 0.05) is 0 Å². The van der Waals surface area contributed by atoms with E-state index in [9.17, 15) is 5.11 Å². The maximum atomic E-state index is 9.85. The van der Waals surface area contributed by atoms with E-state index < -0.39 is 14.4 Å². The Balaban J connectivity index is 2.50. The van der Waals surface area contributed by atoms with Crippen molar-refractivity contribution >= 4 is 8.32 Å². The van der Waals surface area contributed by atoms with E-state index >= 15 is 0 Å². The zero-order valence-electron chi connectivity index (χ0n) is 13.5. The summed E-state index contributed by atoms with van der Waals surface area (Å²) in [5.74, 6) is 11.0. The molecule has 1 aromatic carbocycles. The van der Waals surface area contributed by atoms with Gasteiger partial charge in [0.2, 0.25) is 0 Å². The maximum absolute atomic E-state index is 9.85. The summed E-state index contributed by atoms with van der Waals surface area (Å²) in [4.78, 5) is 0. The van der Waals surface area contributed by atoms with Gasteiger partial charge in [0.15, 0.2) is 8.32 Å². The summed E-state index contributed by atoms with van der Waals surface area (Å²) in [5.41, 5.74) is 0.782. The lowest BCUT2D eigenvalue weighted by atomic mass is 10.1. The first-order chi connectivity index (χ1) is 9.74. The molecule has 1 atom stereocenters. The molecule has 21 heavy (non-hydrogen) atoms. The molecule has 0 radical (unpaired) electrons. The van der Waals surface area contributed by atoms with E-state index in [1.807, 2.05) is 30.3 Å². The number of rotatable bonds is 3. The first-order valence-corrected chi connectivity index (χ1v) is 10.0. The minimum absolute atomic E-state index is 0.184. The van der Waals surface area contributed by atoms with Crippen molar-refractivity contribution in [3.05, 3.63) is 35.9 Å². The molecule has 0 aliphatic carbocycles. The van der Waals surface area contributed by atoms with Crippen molar-refractivity contribution in [3.8, 4) is 23.7 Å². The average Bonchev–Trinajstić information content (AvgIpc) is 2.42. The third kappa shape index (κ3) is 5.77. The molecule has 0 heterocycles. The van der Waals surface area contributed by atoms with Crippen LogP contribution in [0.1, 0.15) is 32.4 Å². The van der Waals surface area contributed by atoms with E-state index in [4.69, 9.17) is 4.43 Å². The standard InChI is InChI=1S/C18H24O2Si/c1-18(2,3)21(4,5)20-15-11-7-10-14-17(19)16-12-8-6-9-13-16/h6,8-9,12-13,17,19H,15H2,1-5H3/t17-/m0/s1. The number of hydrogen-bond acceptors (Lipinski definition) is 2. The molecule has 0 aliphatic heterocycles. The summed E-state index contributed by atoms with van der Waals surface area (Å²) >= 11 is 0. The van der Waals surface area contributed by atoms with Crippen LogP contribution in [0.15, 0.2) is 30.3 Å².